The molecule has 6 heteroatoms. The summed E-state index contributed by atoms with van der Waals surface area (Å²) in [7, 11) is 0. The Kier molecular flexibility index (Phi) is 4.23. The zero-order chi connectivity index (χ0) is 16.4. The van der Waals surface area contributed by atoms with Crippen molar-refractivity contribution >= 4 is 17.9 Å². The van der Waals surface area contributed by atoms with E-state index in [0.29, 0.717) is 17.1 Å². The number of nitrogens with zero attached hydrogens (tertiary/aromatic N) is 3. The minimum atomic E-state index is -0.383. The van der Waals surface area contributed by atoms with Crippen LogP contribution in [-0.2, 0) is 0 Å². The van der Waals surface area contributed by atoms with Crippen LogP contribution in [0.4, 0.5) is 0 Å². The van der Waals surface area contributed by atoms with Gasteiger partial charge in [0.15, 0.2) is 6.29 Å². The largest absolute Gasteiger partial charge is 0.320 e. The smallest absolute Gasteiger partial charge is 0.201 e. The first kappa shape index (κ1) is 15.4. The molecule has 3 rings (SSSR count). The van der Waals surface area contributed by atoms with E-state index in [9.17, 15) is 4.79 Å². The molecule has 0 saturated carbocycles. The van der Waals surface area contributed by atoms with E-state index in [4.69, 9.17) is 17.3 Å². The summed E-state index contributed by atoms with van der Waals surface area (Å²) in [6, 6.07) is 14.7. The predicted octanol–water partition coefficient (Wildman–Crippen LogP) is 3.09. The lowest BCUT2D eigenvalue weighted by atomic mass is 9.98. The summed E-state index contributed by atoms with van der Waals surface area (Å²) in [5, 5.41) is 8.42. The number of benzene rings is 2. The third-order valence-corrected chi connectivity index (χ3v) is 3.91. The lowest BCUT2D eigenvalue weighted by Gasteiger charge is -2.19. The average Bonchev–Trinajstić information content (AvgIpc) is 2.95. The summed E-state index contributed by atoms with van der Waals surface area (Å²) in [5.74, 6) is 0.835. The number of aromatic nitrogens is 3. The molecule has 1 heterocycles. The average molecular weight is 327 g/mol. The second-order valence-corrected chi connectivity index (χ2v) is 5.59. The SMILES string of the molecule is Cc1nnc(C=O)n1-c1ccc(Cl)cc1C(N)c1ccccc1. The van der Waals surface area contributed by atoms with Crippen LogP contribution in [0, 0.1) is 6.92 Å². The van der Waals surface area contributed by atoms with Gasteiger partial charge >= 0.3 is 0 Å². The highest BCUT2D eigenvalue weighted by molar-refractivity contribution is 6.30. The van der Waals surface area contributed by atoms with E-state index in [1.807, 2.05) is 42.5 Å². The van der Waals surface area contributed by atoms with Crippen molar-refractivity contribution in [1.82, 2.24) is 14.8 Å². The number of rotatable bonds is 4. The summed E-state index contributed by atoms with van der Waals surface area (Å²) in [5.41, 5.74) is 8.93. The van der Waals surface area contributed by atoms with E-state index >= 15 is 0 Å². The summed E-state index contributed by atoms with van der Waals surface area (Å²) in [4.78, 5) is 11.3. The van der Waals surface area contributed by atoms with E-state index in [0.717, 1.165) is 16.8 Å². The number of halogens is 1. The maximum Gasteiger partial charge on any atom is 0.201 e. The Morgan fingerprint density at radius 1 is 1.17 bits per heavy atom. The van der Waals surface area contributed by atoms with Gasteiger partial charge in [0.25, 0.3) is 0 Å². The number of nitrogens with two attached hydrogens (primary N) is 1. The van der Waals surface area contributed by atoms with Gasteiger partial charge in [0.2, 0.25) is 5.82 Å². The van der Waals surface area contributed by atoms with Gasteiger partial charge in [-0.05, 0) is 36.2 Å². The number of carbonyl (C=O) groups is 1. The number of hydrogen-bond acceptors (Lipinski definition) is 4. The Labute approximate surface area is 138 Å². The van der Waals surface area contributed by atoms with Crippen LogP contribution in [0.1, 0.15) is 33.6 Å². The highest BCUT2D eigenvalue weighted by Gasteiger charge is 2.19. The zero-order valence-corrected chi connectivity index (χ0v) is 13.2. The summed E-state index contributed by atoms with van der Waals surface area (Å²) < 4.78 is 1.68. The van der Waals surface area contributed by atoms with Crippen LogP contribution < -0.4 is 5.73 Å². The maximum absolute atomic E-state index is 11.3. The van der Waals surface area contributed by atoms with Crippen LogP contribution >= 0.6 is 11.6 Å². The minimum absolute atomic E-state index is 0.228. The minimum Gasteiger partial charge on any atom is -0.320 e. The first-order chi connectivity index (χ1) is 11.1. The van der Waals surface area contributed by atoms with Gasteiger partial charge in [0, 0.05) is 5.02 Å². The standard InChI is InChI=1S/C17H15ClN4O/c1-11-20-21-16(10-23)22(11)15-8-7-13(18)9-14(15)17(19)12-5-3-2-4-6-12/h2-10,17H,19H2,1H3. The molecule has 0 aliphatic rings. The lowest BCUT2D eigenvalue weighted by molar-refractivity contribution is 0.111. The Morgan fingerprint density at radius 3 is 2.61 bits per heavy atom. The fourth-order valence-corrected chi connectivity index (χ4v) is 2.75. The normalized spacial score (nSPS) is 12.1. The van der Waals surface area contributed by atoms with Gasteiger partial charge in [0.05, 0.1) is 11.7 Å². The summed E-state index contributed by atoms with van der Waals surface area (Å²) in [6.45, 7) is 1.78. The molecule has 2 N–H and O–H groups in total. The molecule has 0 radical (unpaired) electrons. The Balaban J connectivity index is 2.19. The van der Waals surface area contributed by atoms with Crippen molar-refractivity contribution in [2.24, 2.45) is 5.73 Å². The first-order valence-electron chi connectivity index (χ1n) is 7.09. The van der Waals surface area contributed by atoms with Crippen molar-refractivity contribution in [3.8, 4) is 5.69 Å². The van der Waals surface area contributed by atoms with E-state index in [1.54, 1.807) is 17.6 Å². The molecule has 2 aromatic carbocycles. The summed E-state index contributed by atoms with van der Waals surface area (Å²) in [6.07, 6.45) is 0.673. The fourth-order valence-electron chi connectivity index (χ4n) is 2.57. The van der Waals surface area contributed by atoms with E-state index in [2.05, 4.69) is 10.2 Å². The molecule has 1 unspecified atom stereocenters. The van der Waals surface area contributed by atoms with Gasteiger partial charge in [-0.2, -0.15) is 0 Å². The molecule has 1 atom stereocenters. The van der Waals surface area contributed by atoms with Crippen molar-refractivity contribution in [3.63, 3.8) is 0 Å². The predicted molar refractivity (Wildman–Crippen MR) is 89.0 cm³/mol. The number of hydrogen-bond donors (Lipinski definition) is 1. The second kappa shape index (κ2) is 6.32. The second-order valence-electron chi connectivity index (χ2n) is 5.15. The Bertz CT molecular complexity index is 845. The molecular formula is C17H15ClN4O. The van der Waals surface area contributed by atoms with E-state index in [-0.39, 0.29) is 11.9 Å². The van der Waals surface area contributed by atoms with Crippen molar-refractivity contribution in [3.05, 3.63) is 76.3 Å². The van der Waals surface area contributed by atoms with Crippen LogP contribution in [-0.4, -0.2) is 21.1 Å². The summed E-state index contributed by atoms with van der Waals surface area (Å²) >= 11 is 6.16. The van der Waals surface area contributed by atoms with Crippen LogP contribution in [0.25, 0.3) is 5.69 Å². The molecule has 5 nitrogen and oxygen atoms in total. The van der Waals surface area contributed by atoms with E-state index in [1.165, 1.54) is 0 Å². The van der Waals surface area contributed by atoms with Crippen molar-refractivity contribution < 1.29 is 4.79 Å². The quantitative estimate of drug-likeness (QED) is 0.748. The van der Waals surface area contributed by atoms with Gasteiger partial charge < -0.3 is 5.73 Å². The van der Waals surface area contributed by atoms with Crippen LogP contribution in [0.2, 0.25) is 5.02 Å². The van der Waals surface area contributed by atoms with Crippen molar-refractivity contribution in [2.45, 2.75) is 13.0 Å². The molecule has 0 spiro atoms. The molecule has 23 heavy (non-hydrogen) atoms. The molecule has 116 valence electrons. The van der Waals surface area contributed by atoms with Crippen LogP contribution in [0.3, 0.4) is 0 Å². The van der Waals surface area contributed by atoms with Gasteiger partial charge in [-0.1, -0.05) is 41.9 Å². The number of carbonyl (C=O) groups excluding carboxylic acids is 1. The molecule has 3 aromatic rings. The molecule has 0 fully saturated rings. The fraction of sp³-hybridized carbons (Fsp3) is 0.118. The molecule has 0 saturated heterocycles. The van der Waals surface area contributed by atoms with Crippen LogP contribution in [0.15, 0.2) is 48.5 Å². The Hall–Kier alpha value is -2.50. The first-order valence-corrected chi connectivity index (χ1v) is 7.47. The Morgan fingerprint density at radius 2 is 1.91 bits per heavy atom. The molecule has 0 bridgehead atoms. The molecule has 0 aliphatic heterocycles. The molecule has 0 amide bonds. The van der Waals surface area contributed by atoms with E-state index < -0.39 is 0 Å². The monoisotopic (exact) mass is 326 g/mol. The van der Waals surface area contributed by atoms with Crippen molar-refractivity contribution in [2.75, 3.05) is 0 Å². The highest BCUT2D eigenvalue weighted by Crippen LogP contribution is 2.29. The van der Waals surface area contributed by atoms with Crippen LogP contribution in [0.5, 0.6) is 0 Å². The third-order valence-electron chi connectivity index (χ3n) is 3.68. The lowest BCUT2D eigenvalue weighted by Crippen LogP contribution is -2.16. The molecule has 0 aliphatic carbocycles. The molecule has 1 aromatic heterocycles. The number of aryl methyl sites for hydroxylation is 1. The highest BCUT2D eigenvalue weighted by atomic mass is 35.5. The number of aldehydes is 1. The van der Waals surface area contributed by atoms with Gasteiger partial charge in [-0.15, -0.1) is 10.2 Å². The molecular weight excluding hydrogens is 312 g/mol. The topological polar surface area (TPSA) is 73.8 Å². The maximum atomic E-state index is 11.3. The van der Waals surface area contributed by atoms with Gasteiger partial charge in [-0.25, -0.2) is 0 Å². The van der Waals surface area contributed by atoms with Crippen molar-refractivity contribution in [1.29, 1.82) is 0 Å². The zero-order valence-electron chi connectivity index (χ0n) is 12.5. The van der Waals surface area contributed by atoms with Gasteiger partial charge in [-0.3, -0.25) is 9.36 Å². The third kappa shape index (κ3) is 2.88. The van der Waals surface area contributed by atoms with Gasteiger partial charge in [0.1, 0.15) is 5.82 Å².